The van der Waals surface area contributed by atoms with Crippen LogP contribution in [0.5, 0.6) is 5.75 Å². The number of anilines is 1. The Balaban J connectivity index is 1.88. The minimum atomic E-state index is 0.447. The SMILES string of the molecule is COc1ccc(NC(C)CCc2ccccc2)cc1C. The summed E-state index contributed by atoms with van der Waals surface area (Å²) < 4.78 is 5.28. The highest BCUT2D eigenvalue weighted by atomic mass is 16.5. The molecule has 2 rings (SSSR count). The number of rotatable bonds is 6. The first-order valence-electron chi connectivity index (χ1n) is 7.14. The molecule has 2 aromatic carbocycles. The van der Waals surface area contributed by atoms with Gasteiger partial charge in [-0.05, 0) is 56.0 Å². The fraction of sp³-hybridized carbons (Fsp3) is 0.333. The summed E-state index contributed by atoms with van der Waals surface area (Å²) in [5, 5.41) is 3.55. The van der Waals surface area contributed by atoms with Gasteiger partial charge < -0.3 is 10.1 Å². The molecule has 20 heavy (non-hydrogen) atoms. The topological polar surface area (TPSA) is 21.3 Å². The summed E-state index contributed by atoms with van der Waals surface area (Å²) in [6.45, 7) is 4.29. The fourth-order valence-electron chi connectivity index (χ4n) is 2.35. The molecule has 0 saturated carbocycles. The number of hydrogen-bond acceptors (Lipinski definition) is 2. The number of benzene rings is 2. The third-order valence-corrected chi connectivity index (χ3v) is 3.52. The summed E-state index contributed by atoms with van der Waals surface area (Å²) >= 11 is 0. The minimum absolute atomic E-state index is 0.447. The molecule has 0 aromatic heterocycles. The zero-order valence-electron chi connectivity index (χ0n) is 12.5. The number of methoxy groups -OCH3 is 1. The molecule has 0 aliphatic heterocycles. The molecule has 106 valence electrons. The maximum atomic E-state index is 5.28. The van der Waals surface area contributed by atoms with Crippen LogP contribution in [0.1, 0.15) is 24.5 Å². The van der Waals surface area contributed by atoms with E-state index in [9.17, 15) is 0 Å². The van der Waals surface area contributed by atoms with Crippen LogP contribution in [0.2, 0.25) is 0 Å². The summed E-state index contributed by atoms with van der Waals surface area (Å²) in [6, 6.07) is 17.3. The van der Waals surface area contributed by atoms with Gasteiger partial charge in [-0.25, -0.2) is 0 Å². The number of ether oxygens (including phenoxy) is 1. The van der Waals surface area contributed by atoms with Crippen molar-refractivity contribution < 1.29 is 4.74 Å². The highest BCUT2D eigenvalue weighted by Crippen LogP contribution is 2.22. The smallest absolute Gasteiger partial charge is 0.121 e. The lowest BCUT2D eigenvalue weighted by Crippen LogP contribution is -2.16. The highest BCUT2D eigenvalue weighted by molar-refractivity contribution is 5.51. The van der Waals surface area contributed by atoms with Crippen molar-refractivity contribution in [3.05, 3.63) is 59.7 Å². The van der Waals surface area contributed by atoms with Crippen molar-refractivity contribution in [3.8, 4) is 5.75 Å². The molecule has 0 bridgehead atoms. The molecule has 1 N–H and O–H groups in total. The Bertz CT molecular complexity index is 536. The molecule has 0 radical (unpaired) electrons. The predicted molar refractivity (Wildman–Crippen MR) is 85.6 cm³/mol. The van der Waals surface area contributed by atoms with E-state index in [2.05, 4.69) is 61.6 Å². The molecule has 2 heteroatoms. The van der Waals surface area contributed by atoms with Crippen LogP contribution in [0.4, 0.5) is 5.69 Å². The Morgan fingerprint density at radius 2 is 1.85 bits per heavy atom. The Kier molecular flexibility index (Phi) is 5.05. The van der Waals surface area contributed by atoms with E-state index >= 15 is 0 Å². The lowest BCUT2D eigenvalue weighted by atomic mass is 10.1. The van der Waals surface area contributed by atoms with E-state index in [0.29, 0.717) is 6.04 Å². The molecule has 0 fully saturated rings. The monoisotopic (exact) mass is 269 g/mol. The van der Waals surface area contributed by atoms with Gasteiger partial charge in [-0.15, -0.1) is 0 Å². The van der Waals surface area contributed by atoms with Gasteiger partial charge in [-0.2, -0.15) is 0 Å². The van der Waals surface area contributed by atoms with Crippen molar-refractivity contribution in [1.29, 1.82) is 0 Å². The zero-order chi connectivity index (χ0) is 14.4. The number of hydrogen-bond donors (Lipinski definition) is 1. The van der Waals surface area contributed by atoms with Gasteiger partial charge in [0.1, 0.15) is 5.75 Å². The molecule has 2 aromatic rings. The molecular weight excluding hydrogens is 246 g/mol. The summed E-state index contributed by atoms with van der Waals surface area (Å²) in [6.07, 6.45) is 2.22. The van der Waals surface area contributed by atoms with Crippen LogP contribution in [0, 0.1) is 6.92 Å². The van der Waals surface area contributed by atoms with Gasteiger partial charge >= 0.3 is 0 Å². The van der Waals surface area contributed by atoms with Gasteiger partial charge in [0, 0.05) is 11.7 Å². The molecule has 0 aliphatic carbocycles. The van der Waals surface area contributed by atoms with Crippen LogP contribution in [-0.2, 0) is 6.42 Å². The Morgan fingerprint density at radius 1 is 1.10 bits per heavy atom. The molecule has 1 unspecified atom stereocenters. The Labute approximate surface area is 121 Å². The first-order valence-corrected chi connectivity index (χ1v) is 7.14. The molecule has 2 nitrogen and oxygen atoms in total. The second kappa shape index (κ2) is 6.99. The lowest BCUT2D eigenvalue weighted by Gasteiger charge is -2.16. The second-order valence-electron chi connectivity index (χ2n) is 5.25. The Morgan fingerprint density at radius 3 is 2.50 bits per heavy atom. The minimum Gasteiger partial charge on any atom is -0.496 e. The zero-order valence-corrected chi connectivity index (χ0v) is 12.5. The van der Waals surface area contributed by atoms with Crippen LogP contribution < -0.4 is 10.1 Å². The van der Waals surface area contributed by atoms with E-state index in [1.807, 2.05) is 6.07 Å². The van der Waals surface area contributed by atoms with E-state index in [1.165, 1.54) is 5.56 Å². The number of aryl methyl sites for hydroxylation is 2. The van der Waals surface area contributed by atoms with Crippen LogP contribution >= 0.6 is 0 Å². The van der Waals surface area contributed by atoms with Gasteiger partial charge in [0.25, 0.3) is 0 Å². The van der Waals surface area contributed by atoms with E-state index < -0.39 is 0 Å². The normalized spacial score (nSPS) is 11.9. The van der Waals surface area contributed by atoms with Crippen LogP contribution in [0.25, 0.3) is 0 Å². The molecule has 0 aliphatic rings. The third kappa shape index (κ3) is 4.02. The molecule has 0 spiro atoms. The van der Waals surface area contributed by atoms with Gasteiger partial charge in [-0.3, -0.25) is 0 Å². The van der Waals surface area contributed by atoms with Crippen molar-refractivity contribution in [1.82, 2.24) is 0 Å². The average Bonchev–Trinajstić information content (AvgIpc) is 2.46. The van der Waals surface area contributed by atoms with Gasteiger partial charge in [-0.1, -0.05) is 30.3 Å². The summed E-state index contributed by atoms with van der Waals surface area (Å²) in [4.78, 5) is 0. The highest BCUT2D eigenvalue weighted by Gasteiger charge is 2.05. The molecule has 0 saturated heterocycles. The molecule has 1 atom stereocenters. The van der Waals surface area contributed by atoms with Crippen LogP contribution in [0.15, 0.2) is 48.5 Å². The van der Waals surface area contributed by atoms with E-state index in [1.54, 1.807) is 7.11 Å². The number of nitrogens with one attached hydrogen (secondary N) is 1. The lowest BCUT2D eigenvalue weighted by molar-refractivity contribution is 0.412. The largest absolute Gasteiger partial charge is 0.496 e. The average molecular weight is 269 g/mol. The maximum absolute atomic E-state index is 5.28. The molecular formula is C18H23NO. The standard InChI is InChI=1S/C18H23NO/c1-14-13-17(11-12-18(14)20-3)19-15(2)9-10-16-7-5-4-6-8-16/h4-8,11-13,15,19H,9-10H2,1-3H3. The third-order valence-electron chi connectivity index (χ3n) is 3.52. The second-order valence-corrected chi connectivity index (χ2v) is 5.25. The van der Waals surface area contributed by atoms with E-state index in [4.69, 9.17) is 4.74 Å². The van der Waals surface area contributed by atoms with Crippen molar-refractivity contribution in [2.75, 3.05) is 12.4 Å². The first-order chi connectivity index (χ1) is 9.69. The van der Waals surface area contributed by atoms with Gasteiger partial charge in [0.15, 0.2) is 0 Å². The quantitative estimate of drug-likeness (QED) is 0.837. The maximum Gasteiger partial charge on any atom is 0.121 e. The summed E-state index contributed by atoms with van der Waals surface area (Å²) in [7, 11) is 1.71. The Hall–Kier alpha value is -1.96. The van der Waals surface area contributed by atoms with E-state index in [0.717, 1.165) is 29.8 Å². The molecule has 0 amide bonds. The van der Waals surface area contributed by atoms with Crippen molar-refractivity contribution in [3.63, 3.8) is 0 Å². The van der Waals surface area contributed by atoms with Crippen molar-refractivity contribution in [2.45, 2.75) is 32.7 Å². The van der Waals surface area contributed by atoms with Crippen LogP contribution in [-0.4, -0.2) is 13.2 Å². The molecule has 0 heterocycles. The fourth-order valence-corrected chi connectivity index (χ4v) is 2.35. The van der Waals surface area contributed by atoms with Crippen molar-refractivity contribution in [2.24, 2.45) is 0 Å². The van der Waals surface area contributed by atoms with E-state index in [-0.39, 0.29) is 0 Å². The van der Waals surface area contributed by atoms with Crippen molar-refractivity contribution >= 4 is 5.69 Å². The predicted octanol–water partition coefficient (Wildman–Crippen LogP) is 4.44. The van der Waals surface area contributed by atoms with Gasteiger partial charge in [0.05, 0.1) is 7.11 Å². The first kappa shape index (κ1) is 14.4. The summed E-state index contributed by atoms with van der Waals surface area (Å²) in [5.74, 6) is 0.937. The summed E-state index contributed by atoms with van der Waals surface area (Å²) in [5.41, 5.74) is 3.71. The van der Waals surface area contributed by atoms with Gasteiger partial charge in [0.2, 0.25) is 0 Å². The van der Waals surface area contributed by atoms with Crippen LogP contribution in [0.3, 0.4) is 0 Å².